The van der Waals surface area contributed by atoms with E-state index in [1.807, 2.05) is 0 Å². The Labute approximate surface area is 98.7 Å². The Morgan fingerprint density at radius 2 is 2.19 bits per heavy atom. The average Bonchev–Trinajstić information content (AvgIpc) is 2.65. The van der Waals surface area contributed by atoms with Gasteiger partial charge in [0, 0.05) is 6.54 Å². The van der Waals surface area contributed by atoms with Crippen LogP contribution in [0, 0.1) is 12.7 Å². The van der Waals surface area contributed by atoms with Crippen molar-refractivity contribution in [2.45, 2.75) is 13.5 Å². The van der Waals surface area contributed by atoms with Gasteiger partial charge in [-0.2, -0.15) is 5.10 Å². The minimum absolute atomic E-state index is 0. The van der Waals surface area contributed by atoms with Crippen molar-refractivity contribution < 1.29 is 4.39 Å². The minimum Gasteiger partial charge on any atom is -0.326 e. The van der Waals surface area contributed by atoms with Gasteiger partial charge in [-0.25, -0.2) is 14.1 Å². The van der Waals surface area contributed by atoms with Gasteiger partial charge in [0.1, 0.15) is 18.0 Å². The summed E-state index contributed by atoms with van der Waals surface area (Å²) < 4.78 is 14.6. The van der Waals surface area contributed by atoms with Gasteiger partial charge in [-0.15, -0.1) is 12.4 Å². The van der Waals surface area contributed by atoms with Crippen LogP contribution in [0.2, 0.25) is 0 Å². The van der Waals surface area contributed by atoms with E-state index in [1.54, 1.807) is 19.3 Å². The first-order valence-electron chi connectivity index (χ1n) is 4.58. The van der Waals surface area contributed by atoms with Gasteiger partial charge in [0.2, 0.25) is 0 Å². The van der Waals surface area contributed by atoms with E-state index in [9.17, 15) is 4.39 Å². The third-order valence-corrected chi connectivity index (χ3v) is 2.12. The molecule has 0 fully saturated rings. The summed E-state index contributed by atoms with van der Waals surface area (Å²) in [6, 6.07) is 4.44. The van der Waals surface area contributed by atoms with Gasteiger partial charge in [-0.05, 0) is 24.6 Å². The zero-order chi connectivity index (χ0) is 10.8. The predicted molar refractivity (Wildman–Crippen MR) is 61.2 cm³/mol. The molecule has 0 saturated carbocycles. The summed E-state index contributed by atoms with van der Waals surface area (Å²) in [5.41, 5.74) is 7.03. The monoisotopic (exact) mass is 242 g/mol. The van der Waals surface area contributed by atoms with Crippen LogP contribution >= 0.6 is 12.4 Å². The molecule has 16 heavy (non-hydrogen) atoms. The molecule has 0 radical (unpaired) electrons. The van der Waals surface area contributed by atoms with Crippen molar-refractivity contribution in [2.24, 2.45) is 5.73 Å². The smallest absolute Gasteiger partial charge is 0.147 e. The summed E-state index contributed by atoms with van der Waals surface area (Å²) in [5, 5.41) is 4.11. The summed E-state index contributed by atoms with van der Waals surface area (Å²) in [6.07, 6.45) is 1.54. The molecule has 1 heterocycles. The van der Waals surface area contributed by atoms with Crippen LogP contribution in [0.4, 0.5) is 4.39 Å². The summed E-state index contributed by atoms with van der Waals surface area (Å²) >= 11 is 0. The molecule has 2 aromatic rings. The number of aryl methyl sites for hydroxylation is 1. The second-order valence-electron chi connectivity index (χ2n) is 3.21. The maximum Gasteiger partial charge on any atom is 0.147 e. The summed E-state index contributed by atoms with van der Waals surface area (Å²) in [5.74, 6) is 0.331. The first kappa shape index (κ1) is 12.6. The van der Waals surface area contributed by atoms with Crippen molar-refractivity contribution in [3.8, 4) is 5.69 Å². The van der Waals surface area contributed by atoms with Crippen LogP contribution in [0.25, 0.3) is 5.69 Å². The summed E-state index contributed by atoms with van der Waals surface area (Å²) in [7, 11) is 0. The fourth-order valence-corrected chi connectivity index (χ4v) is 1.38. The van der Waals surface area contributed by atoms with Crippen molar-refractivity contribution >= 4 is 12.4 Å². The highest BCUT2D eigenvalue weighted by molar-refractivity contribution is 5.85. The Morgan fingerprint density at radius 3 is 2.75 bits per heavy atom. The Hall–Kier alpha value is -1.46. The highest BCUT2D eigenvalue weighted by Crippen LogP contribution is 2.14. The molecule has 0 unspecified atom stereocenters. The maximum absolute atomic E-state index is 13.1. The second kappa shape index (κ2) is 5.05. The molecule has 0 bridgehead atoms. The first-order chi connectivity index (χ1) is 7.20. The van der Waals surface area contributed by atoms with Crippen LogP contribution in [0.1, 0.15) is 11.4 Å². The van der Waals surface area contributed by atoms with Crippen molar-refractivity contribution in [3.05, 3.63) is 41.7 Å². The largest absolute Gasteiger partial charge is 0.326 e. The lowest BCUT2D eigenvalue weighted by atomic mass is 10.2. The number of nitrogens with zero attached hydrogens (tertiary/aromatic N) is 3. The Kier molecular flexibility index (Phi) is 3.98. The lowest BCUT2D eigenvalue weighted by Crippen LogP contribution is -2.05. The third-order valence-electron chi connectivity index (χ3n) is 2.12. The zero-order valence-electron chi connectivity index (χ0n) is 8.72. The average molecular weight is 243 g/mol. The number of nitrogens with two attached hydrogens (primary N) is 1. The van der Waals surface area contributed by atoms with Crippen LogP contribution in [-0.4, -0.2) is 14.8 Å². The van der Waals surface area contributed by atoms with Crippen molar-refractivity contribution in [1.82, 2.24) is 14.8 Å². The van der Waals surface area contributed by atoms with Gasteiger partial charge in [0.25, 0.3) is 0 Å². The number of hydrogen-bond donors (Lipinski definition) is 1. The van der Waals surface area contributed by atoms with E-state index in [-0.39, 0.29) is 18.2 Å². The van der Waals surface area contributed by atoms with Crippen LogP contribution in [-0.2, 0) is 6.54 Å². The van der Waals surface area contributed by atoms with Crippen LogP contribution in [0.5, 0.6) is 0 Å². The van der Waals surface area contributed by atoms with E-state index in [0.29, 0.717) is 18.1 Å². The molecule has 0 aliphatic carbocycles. The van der Waals surface area contributed by atoms with Crippen LogP contribution in [0.15, 0.2) is 24.5 Å². The van der Waals surface area contributed by atoms with Crippen LogP contribution < -0.4 is 5.73 Å². The fraction of sp³-hybridized carbons (Fsp3) is 0.200. The molecule has 4 nitrogen and oxygen atoms in total. The normalized spacial score (nSPS) is 9.94. The molecule has 86 valence electrons. The van der Waals surface area contributed by atoms with Gasteiger partial charge >= 0.3 is 0 Å². The van der Waals surface area contributed by atoms with E-state index in [4.69, 9.17) is 5.73 Å². The first-order valence-corrected chi connectivity index (χ1v) is 4.58. The SMILES string of the molecule is Cc1ncn(-c2cc(F)ccc2CN)n1.Cl. The standard InChI is InChI=1S/C10H11FN4.ClH/c1-7-13-6-15(14-7)10-4-9(11)3-2-8(10)5-12;/h2-4,6H,5,12H2,1H3;1H. The van der Waals surface area contributed by atoms with E-state index < -0.39 is 0 Å². The number of halogens is 2. The lowest BCUT2D eigenvalue weighted by Gasteiger charge is -2.06. The van der Waals surface area contributed by atoms with E-state index >= 15 is 0 Å². The fourth-order valence-electron chi connectivity index (χ4n) is 1.38. The molecule has 0 aliphatic heterocycles. The number of aromatic nitrogens is 3. The van der Waals surface area contributed by atoms with E-state index in [2.05, 4.69) is 10.1 Å². The minimum atomic E-state index is -0.310. The Morgan fingerprint density at radius 1 is 1.44 bits per heavy atom. The molecule has 0 saturated heterocycles. The maximum atomic E-state index is 13.1. The number of hydrogen-bond acceptors (Lipinski definition) is 3. The van der Waals surface area contributed by atoms with Crippen LogP contribution in [0.3, 0.4) is 0 Å². The third kappa shape index (κ3) is 2.37. The van der Waals surface area contributed by atoms with Crippen molar-refractivity contribution in [2.75, 3.05) is 0 Å². The van der Waals surface area contributed by atoms with Gasteiger partial charge in [0.15, 0.2) is 0 Å². The van der Waals surface area contributed by atoms with E-state index in [1.165, 1.54) is 16.8 Å². The van der Waals surface area contributed by atoms with Gasteiger partial charge in [-0.1, -0.05) is 6.07 Å². The highest BCUT2D eigenvalue weighted by atomic mass is 35.5. The highest BCUT2D eigenvalue weighted by Gasteiger charge is 2.06. The van der Waals surface area contributed by atoms with E-state index in [0.717, 1.165) is 5.56 Å². The topological polar surface area (TPSA) is 56.7 Å². The molecule has 0 aliphatic rings. The number of rotatable bonds is 2. The van der Waals surface area contributed by atoms with Crippen molar-refractivity contribution in [1.29, 1.82) is 0 Å². The van der Waals surface area contributed by atoms with Gasteiger partial charge in [0.05, 0.1) is 5.69 Å². The summed E-state index contributed by atoms with van der Waals surface area (Å²) in [4.78, 5) is 3.99. The lowest BCUT2D eigenvalue weighted by molar-refractivity contribution is 0.624. The molecule has 6 heteroatoms. The van der Waals surface area contributed by atoms with Crippen molar-refractivity contribution in [3.63, 3.8) is 0 Å². The molecule has 0 spiro atoms. The molecule has 1 aromatic carbocycles. The predicted octanol–water partition coefficient (Wildman–Crippen LogP) is 1.60. The van der Waals surface area contributed by atoms with Gasteiger partial charge in [-0.3, -0.25) is 0 Å². The van der Waals surface area contributed by atoms with Gasteiger partial charge < -0.3 is 5.73 Å². The Bertz CT molecular complexity index is 483. The molecule has 2 rings (SSSR count). The molecular weight excluding hydrogens is 231 g/mol. The quantitative estimate of drug-likeness (QED) is 0.870. The molecule has 2 N–H and O–H groups in total. The summed E-state index contributed by atoms with van der Waals surface area (Å²) in [6.45, 7) is 2.12. The number of benzene rings is 1. The molecular formula is C10H12ClFN4. The molecule has 0 atom stereocenters. The molecule has 1 aromatic heterocycles. The second-order valence-corrected chi connectivity index (χ2v) is 3.21. The molecule has 0 amide bonds. The zero-order valence-corrected chi connectivity index (χ0v) is 9.54. The Balaban J connectivity index is 0.00000128.